The first-order valence-electron chi connectivity index (χ1n) is 19.4. The number of rotatable bonds is 7. The van der Waals surface area contributed by atoms with Gasteiger partial charge < -0.3 is 9.47 Å². The molecule has 0 N–H and O–H groups in total. The summed E-state index contributed by atoms with van der Waals surface area (Å²) in [6, 6.07) is 79.3. The van der Waals surface area contributed by atoms with Crippen molar-refractivity contribution in [1.82, 2.24) is 4.57 Å². The van der Waals surface area contributed by atoms with E-state index in [1.54, 1.807) is 0 Å². The fraction of sp³-hybridized carbons (Fsp3) is 0. The monoisotopic (exact) mass is 744 g/mol. The molecule has 0 saturated carbocycles. The van der Waals surface area contributed by atoms with Gasteiger partial charge in [-0.1, -0.05) is 140 Å². The van der Waals surface area contributed by atoms with Crippen LogP contribution in [-0.4, -0.2) is 4.57 Å². The molecule has 3 heteroatoms. The summed E-state index contributed by atoms with van der Waals surface area (Å²) in [7, 11) is 0. The molecule has 0 radical (unpaired) electrons. The van der Waals surface area contributed by atoms with Gasteiger partial charge in [-0.25, -0.2) is 0 Å². The zero-order valence-corrected chi connectivity index (χ0v) is 31.9. The Balaban J connectivity index is 1.02. The normalized spacial score (nSPS) is 11.5. The van der Waals surface area contributed by atoms with Gasteiger partial charge in [-0.15, -0.1) is 11.3 Å². The van der Waals surface area contributed by atoms with Crippen LogP contribution in [0.1, 0.15) is 0 Å². The van der Waals surface area contributed by atoms with Crippen LogP contribution in [0.4, 0.5) is 17.1 Å². The molecule has 0 saturated heterocycles. The highest BCUT2D eigenvalue weighted by atomic mass is 32.1. The first kappa shape index (κ1) is 33.2. The lowest BCUT2D eigenvalue weighted by Crippen LogP contribution is -2.10. The van der Waals surface area contributed by atoms with Gasteiger partial charge in [0, 0.05) is 53.7 Å². The Labute approximate surface area is 335 Å². The van der Waals surface area contributed by atoms with Crippen molar-refractivity contribution in [1.29, 1.82) is 0 Å². The molecule has 0 aliphatic carbocycles. The lowest BCUT2D eigenvalue weighted by atomic mass is 9.94. The van der Waals surface area contributed by atoms with Crippen molar-refractivity contribution in [3.63, 3.8) is 0 Å². The minimum Gasteiger partial charge on any atom is -0.310 e. The summed E-state index contributed by atoms with van der Waals surface area (Å²) in [6.45, 7) is 0. The highest BCUT2D eigenvalue weighted by Crippen LogP contribution is 2.42. The summed E-state index contributed by atoms with van der Waals surface area (Å²) in [5.41, 5.74) is 14.1. The second-order valence-corrected chi connectivity index (χ2v) is 15.6. The van der Waals surface area contributed by atoms with Crippen LogP contribution in [0.15, 0.2) is 218 Å². The van der Waals surface area contributed by atoms with Crippen LogP contribution in [0.25, 0.3) is 81.0 Å². The molecule has 0 unspecified atom stereocenters. The fourth-order valence-electron chi connectivity index (χ4n) is 8.55. The predicted molar refractivity (Wildman–Crippen MR) is 245 cm³/mol. The number of fused-ring (bicyclic) bond motifs is 6. The number of thiophene rings is 1. The average Bonchev–Trinajstić information content (AvgIpc) is 3.82. The SMILES string of the molecule is c1ccc(-c2ccccc2-c2cccc(N(c3ccccc3)c3cccc(-c4ccc5c(c4)c4ccccc4n5-c4ccc5sc6ccccc6c5c4)c3)c2)cc1. The molecule has 0 aliphatic rings. The van der Waals surface area contributed by atoms with Gasteiger partial charge in [0.2, 0.25) is 0 Å². The van der Waals surface area contributed by atoms with Crippen LogP contribution >= 0.6 is 11.3 Å². The zero-order valence-electron chi connectivity index (χ0n) is 31.1. The van der Waals surface area contributed by atoms with E-state index in [1.165, 1.54) is 81.0 Å². The molecule has 2 heterocycles. The predicted octanol–water partition coefficient (Wildman–Crippen LogP) is 15.6. The minimum atomic E-state index is 1.10. The van der Waals surface area contributed by atoms with Gasteiger partial charge in [-0.2, -0.15) is 0 Å². The van der Waals surface area contributed by atoms with Crippen LogP contribution in [0.3, 0.4) is 0 Å². The maximum Gasteiger partial charge on any atom is 0.0541 e. The second-order valence-electron chi connectivity index (χ2n) is 14.5. The third kappa shape index (κ3) is 5.80. The smallest absolute Gasteiger partial charge is 0.0541 e. The molecule has 2 nitrogen and oxygen atoms in total. The van der Waals surface area contributed by atoms with Crippen molar-refractivity contribution in [3.8, 4) is 39.1 Å². The summed E-state index contributed by atoms with van der Waals surface area (Å²) >= 11 is 1.86. The van der Waals surface area contributed by atoms with Crippen molar-refractivity contribution in [2.45, 2.75) is 0 Å². The molecule has 11 rings (SSSR count). The van der Waals surface area contributed by atoms with Gasteiger partial charge in [-0.05, 0) is 112 Å². The Hall–Kier alpha value is -7.20. The van der Waals surface area contributed by atoms with Crippen LogP contribution in [0, 0.1) is 0 Å². The third-order valence-corrected chi connectivity index (χ3v) is 12.3. The molecule has 0 aliphatic heterocycles. The summed E-state index contributed by atoms with van der Waals surface area (Å²) in [6.07, 6.45) is 0. The van der Waals surface area contributed by atoms with E-state index in [1.807, 2.05) is 11.3 Å². The number of hydrogen-bond acceptors (Lipinski definition) is 2. The second kappa shape index (κ2) is 13.8. The largest absolute Gasteiger partial charge is 0.310 e. The van der Waals surface area contributed by atoms with E-state index in [4.69, 9.17) is 0 Å². The standard InChI is InChI=1S/C54H36N2S/c1-3-15-37(16-4-1)45-23-7-8-24-46(45)40-18-14-22-43(34-40)55(41-19-5-2-6-20-41)42-21-13-17-38(33-42)39-29-31-52-49(35-39)47-25-9-11-27-51(47)56(52)44-30-32-54-50(36-44)48-26-10-12-28-53(48)57-54/h1-36H. The number of nitrogens with zero attached hydrogens (tertiary/aromatic N) is 2. The average molecular weight is 745 g/mol. The summed E-state index contributed by atoms with van der Waals surface area (Å²) < 4.78 is 5.07. The summed E-state index contributed by atoms with van der Waals surface area (Å²) in [5.74, 6) is 0. The van der Waals surface area contributed by atoms with Gasteiger partial charge >= 0.3 is 0 Å². The van der Waals surface area contributed by atoms with Crippen LogP contribution in [-0.2, 0) is 0 Å². The summed E-state index contributed by atoms with van der Waals surface area (Å²) in [5, 5.41) is 5.12. The number of aromatic nitrogens is 1. The van der Waals surface area contributed by atoms with Gasteiger partial charge in [0.15, 0.2) is 0 Å². The molecule has 9 aromatic carbocycles. The topological polar surface area (TPSA) is 8.17 Å². The third-order valence-electron chi connectivity index (χ3n) is 11.2. The number of para-hydroxylation sites is 2. The first-order chi connectivity index (χ1) is 28.3. The van der Waals surface area contributed by atoms with Crippen LogP contribution in [0.2, 0.25) is 0 Å². The Kier molecular flexibility index (Phi) is 8.04. The van der Waals surface area contributed by atoms with Gasteiger partial charge in [0.05, 0.1) is 11.0 Å². The molecule has 0 bridgehead atoms. The molecule has 268 valence electrons. The van der Waals surface area contributed by atoms with Crippen molar-refractivity contribution < 1.29 is 0 Å². The van der Waals surface area contributed by atoms with E-state index in [0.29, 0.717) is 0 Å². The molecule has 57 heavy (non-hydrogen) atoms. The first-order valence-corrected chi connectivity index (χ1v) is 20.2. The Morgan fingerprint density at radius 3 is 1.68 bits per heavy atom. The lowest BCUT2D eigenvalue weighted by molar-refractivity contribution is 1.19. The zero-order chi connectivity index (χ0) is 37.7. The molecule has 0 fully saturated rings. The van der Waals surface area contributed by atoms with Gasteiger partial charge in [0.1, 0.15) is 0 Å². The fourth-order valence-corrected chi connectivity index (χ4v) is 9.64. The minimum absolute atomic E-state index is 1.10. The molecule has 0 atom stereocenters. The van der Waals surface area contributed by atoms with E-state index in [2.05, 4.69) is 228 Å². The maximum atomic E-state index is 2.43. The highest BCUT2D eigenvalue weighted by Gasteiger charge is 2.18. The molecular formula is C54H36N2S. The van der Waals surface area contributed by atoms with Crippen molar-refractivity contribution in [2.75, 3.05) is 4.90 Å². The van der Waals surface area contributed by atoms with Gasteiger partial charge in [0.25, 0.3) is 0 Å². The Bertz CT molecular complexity index is 3250. The van der Waals surface area contributed by atoms with Crippen LogP contribution < -0.4 is 4.90 Å². The summed E-state index contributed by atoms with van der Waals surface area (Å²) in [4.78, 5) is 2.37. The van der Waals surface area contributed by atoms with E-state index in [0.717, 1.165) is 17.1 Å². The van der Waals surface area contributed by atoms with Crippen molar-refractivity contribution in [2.24, 2.45) is 0 Å². The van der Waals surface area contributed by atoms with E-state index in [-0.39, 0.29) is 0 Å². The van der Waals surface area contributed by atoms with E-state index < -0.39 is 0 Å². The Morgan fingerprint density at radius 1 is 0.316 bits per heavy atom. The number of benzene rings is 9. The quantitative estimate of drug-likeness (QED) is 0.158. The molecule has 0 spiro atoms. The molecular weight excluding hydrogens is 709 g/mol. The van der Waals surface area contributed by atoms with Crippen molar-refractivity contribution in [3.05, 3.63) is 218 Å². The molecule has 11 aromatic rings. The van der Waals surface area contributed by atoms with E-state index in [9.17, 15) is 0 Å². The molecule has 0 amide bonds. The number of hydrogen-bond donors (Lipinski definition) is 0. The maximum absolute atomic E-state index is 2.43. The Morgan fingerprint density at radius 2 is 0.877 bits per heavy atom. The lowest BCUT2D eigenvalue weighted by Gasteiger charge is -2.26. The van der Waals surface area contributed by atoms with Crippen molar-refractivity contribution >= 4 is 70.4 Å². The molecule has 2 aromatic heterocycles. The van der Waals surface area contributed by atoms with E-state index >= 15 is 0 Å². The van der Waals surface area contributed by atoms with Gasteiger partial charge in [-0.3, -0.25) is 0 Å². The highest BCUT2D eigenvalue weighted by molar-refractivity contribution is 7.25. The number of anilines is 3. The van der Waals surface area contributed by atoms with Crippen LogP contribution in [0.5, 0.6) is 0 Å².